The highest BCUT2D eigenvalue weighted by molar-refractivity contribution is 6.37. The molecule has 0 aliphatic heterocycles. The van der Waals surface area contributed by atoms with Crippen molar-refractivity contribution in [2.45, 2.75) is 6.92 Å². The van der Waals surface area contributed by atoms with Crippen LogP contribution in [0.3, 0.4) is 0 Å². The molecule has 98 valence electrons. The maximum absolute atomic E-state index is 6.12. The molecule has 0 radical (unpaired) electrons. The van der Waals surface area contributed by atoms with Crippen LogP contribution in [0.15, 0.2) is 47.5 Å². The normalized spacial score (nSPS) is 10.9. The standard InChI is InChI=1S/C15H13Cl2NO/c1-2-19-15-13(16)8-11(9-14(15)17)10-18-12-6-4-3-5-7-12/h3-10H,2H2,1H3. The van der Waals surface area contributed by atoms with Gasteiger partial charge in [0.05, 0.1) is 22.3 Å². The molecule has 0 heterocycles. The number of rotatable bonds is 4. The predicted octanol–water partition coefficient (Wildman–Crippen LogP) is 5.14. The van der Waals surface area contributed by atoms with Crippen molar-refractivity contribution < 1.29 is 4.74 Å². The number of ether oxygens (including phenoxy) is 1. The fourth-order valence-electron chi connectivity index (χ4n) is 1.60. The van der Waals surface area contributed by atoms with E-state index in [2.05, 4.69) is 4.99 Å². The smallest absolute Gasteiger partial charge is 0.156 e. The average molecular weight is 294 g/mol. The fourth-order valence-corrected chi connectivity index (χ4v) is 2.21. The predicted molar refractivity (Wildman–Crippen MR) is 81.3 cm³/mol. The first kappa shape index (κ1) is 13.9. The van der Waals surface area contributed by atoms with E-state index in [0.717, 1.165) is 11.3 Å². The van der Waals surface area contributed by atoms with E-state index in [1.165, 1.54) is 0 Å². The Bertz CT molecular complexity index is 559. The Morgan fingerprint density at radius 3 is 2.32 bits per heavy atom. The van der Waals surface area contributed by atoms with Gasteiger partial charge in [0.25, 0.3) is 0 Å². The minimum atomic E-state index is 0.490. The average Bonchev–Trinajstić information content (AvgIpc) is 2.42. The Kier molecular flexibility index (Phi) is 4.83. The molecule has 2 aromatic rings. The number of aliphatic imine (C=N–C) groups is 1. The maximum Gasteiger partial charge on any atom is 0.156 e. The van der Waals surface area contributed by atoms with Crippen LogP contribution in [0.25, 0.3) is 0 Å². The lowest BCUT2D eigenvalue weighted by Crippen LogP contribution is -1.94. The van der Waals surface area contributed by atoms with Crippen molar-refractivity contribution in [3.05, 3.63) is 58.1 Å². The first-order chi connectivity index (χ1) is 9.20. The van der Waals surface area contributed by atoms with Crippen molar-refractivity contribution in [1.29, 1.82) is 0 Å². The zero-order valence-corrected chi connectivity index (χ0v) is 11.9. The number of benzene rings is 2. The molecule has 0 fully saturated rings. The lowest BCUT2D eigenvalue weighted by molar-refractivity contribution is 0.340. The minimum absolute atomic E-state index is 0.490. The van der Waals surface area contributed by atoms with E-state index in [4.69, 9.17) is 27.9 Å². The van der Waals surface area contributed by atoms with Gasteiger partial charge in [-0.15, -0.1) is 0 Å². The second-order valence-corrected chi connectivity index (χ2v) is 4.65. The van der Waals surface area contributed by atoms with Gasteiger partial charge < -0.3 is 4.74 Å². The maximum atomic E-state index is 6.12. The molecule has 0 saturated carbocycles. The molecule has 0 aromatic heterocycles. The molecule has 0 unspecified atom stereocenters. The summed E-state index contributed by atoms with van der Waals surface area (Å²) in [4.78, 5) is 4.35. The summed E-state index contributed by atoms with van der Waals surface area (Å²) in [6.07, 6.45) is 1.73. The van der Waals surface area contributed by atoms with Crippen molar-refractivity contribution >= 4 is 35.1 Å². The molecular weight excluding hydrogens is 281 g/mol. The van der Waals surface area contributed by atoms with Gasteiger partial charge in [-0.25, -0.2) is 0 Å². The van der Waals surface area contributed by atoms with Gasteiger partial charge in [-0.2, -0.15) is 0 Å². The Balaban J connectivity index is 2.25. The molecule has 19 heavy (non-hydrogen) atoms. The molecular formula is C15H13Cl2NO. The number of hydrogen-bond acceptors (Lipinski definition) is 2. The van der Waals surface area contributed by atoms with Crippen LogP contribution in [0.2, 0.25) is 10.0 Å². The number of para-hydroxylation sites is 1. The van der Waals surface area contributed by atoms with E-state index in [1.54, 1.807) is 18.3 Å². The molecule has 2 nitrogen and oxygen atoms in total. The van der Waals surface area contributed by atoms with Crippen LogP contribution in [0, 0.1) is 0 Å². The minimum Gasteiger partial charge on any atom is -0.491 e. The van der Waals surface area contributed by atoms with Gasteiger partial charge in [0.1, 0.15) is 0 Å². The molecule has 0 N–H and O–H groups in total. The molecule has 0 spiro atoms. The summed E-state index contributed by atoms with van der Waals surface area (Å²) in [5.41, 5.74) is 1.71. The molecule has 0 aliphatic carbocycles. The Hall–Kier alpha value is -1.51. The molecule has 0 aliphatic rings. The third kappa shape index (κ3) is 3.72. The van der Waals surface area contributed by atoms with Gasteiger partial charge in [-0.1, -0.05) is 41.4 Å². The van der Waals surface area contributed by atoms with Gasteiger partial charge in [-0.3, -0.25) is 4.99 Å². The molecule has 0 saturated heterocycles. The van der Waals surface area contributed by atoms with E-state index in [9.17, 15) is 0 Å². The second kappa shape index (κ2) is 6.60. The van der Waals surface area contributed by atoms with Crippen LogP contribution >= 0.6 is 23.2 Å². The van der Waals surface area contributed by atoms with Crippen LogP contribution in [0.4, 0.5) is 5.69 Å². The first-order valence-corrected chi connectivity index (χ1v) is 6.67. The number of halogens is 2. The van der Waals surface area contributed by atoms with E-state index >= 15 is 0 Å². The Morgan fingerprint density at radius 2 is 1.74 bits per heavy atom. The van der Waals surface area contributed by atoms with Gasteiger partial charge in [0.15, 0.2) is 5.75 Å². The highest BCUT2D eigenvalue weighted by atomic mass is 35.5. The quantitative estimate of drug-likeness (QED) is 0.715. The third-order valence-corrected chi connectivity index (χ3v) is 2.99. The summed E-state index contributed by atoms with van der Waals surface area (Å²) in [5, 5.41) is 0.979. The third-order valence-electron chi connectivity index (χ3n) is 2.43. The van der Waals surface area contributed by atoms with Crippen molar-refractivity contribution in [3.63, 3.8) is 0 Å². The number of nitrogens with zero attached hydrogens (tertiary/aromatic N) is 1. The molecule has 0 amide bonds. The SMILES string of the molecule is CCOc1c(Cl)cc(C=Nc2ccccc2)cc1Cl. The monoisotopic (exact) mass is 293 g/mol. The summed E-state index contributed by atoms with van der Waals surface area (Å²) in [6, 6.07) is 13.2. The zero-order valence-electron chi connectivity index (χ0n) is 10.4. The topological polar surface area (TPSA) is 21.6 Å². The first-order valence-electron chi connectivity index (χ1n) is 5.91. The Labute approximate surface area is 122 Å². The van der Waals surface area contributed by atoms with Crippen molar-refractivity contribution in [2.24, 2.45) is 4.99 Å². The van der Waals surface area contributed by atoms with Gasteiger partial charge in [0.2, 0.25) is 0 Å². The van der Waals surface area contributed by atoms with E-state index in [-0.39, 0.29) is 0 Å². The highest BCUT2D eigenvalue weighted by Gasteiger charge is 2.08. The molecule has 0 bridgehead atoms. The van der Waals surface area contributed by atoms with Gasteiger partial charge in [-0.05, 0) is 36.8 Å². The van der Waals surface area contributed by atoms with Gasteiger partial charge in [0, 0.05) is 6.21 Å². The summed E-state index contributed by atoms with van der Waals surface area (Å²) in [5.74, 6) is 0.516. The molecule has 2 rings (SSSR count). The lowest BCUT2D eigenvalue weighted by atomic mass is 10.2. The summed E-state index contributed by atoms with van der Waals surface area (Å²) in [6.45, 7) is 2.41. The highest BCUT2D eigenvalue weighted by Crippen LogP contribution is 2.33. The van der Waals surface area contributed by atoms with E-state index in [1.807, 2.05) is 37.3 Å². The molecule has 2 aromatic carbocycles. The Morgan fingerprint density at radius 1 is 1.11 bits per heavy atom. The lowest BCUT2D eigenvalue weighted by Gasteiger charge is -2.08. The molecule has 4 heteroatoms. The van der Waals surface area contributed by atoms with Crippen LogP contribution < -0.4 is 4.74 Å². The summed E-state index contributed by atoms with van der Waals surface area (Å²) < 4.78 is 5.38. The summed E-state index contributed by atoms with van der Waals surface area (Å²) >= 11 is 12.2. The van der Waals surface area contributed by atoms with Crippen LogP contribution in [-0.2, 0) is 0 Å². The molecule has 0 atom stereocenters. The van der Waals surface area contributed by atoms with Crippen molar-refractivity contribution in [2.75, 3.05) is 6.61 Å². The van der Waals surface area contributed by atoms with Crippen LogP contribution in [-0.4, -0.2) is 12.8 Å². The van der Waals surface area contributed by atoms with Crippen LogP contribution in [0.5, 0.6) is 5.75 Å². The van der Waals surface area contributed by atoms with E-state index in [0.29, 0.717) is 22.4 Å². The van der Waals surface area contributed by atoms with Crippen molar-refractivity contribution in [3.8, 4) is 5.75 Å². The van der Waals surface area contributed by atoms with Crippen molar-refractivity contribution in [1.82, 2.24) is 0 Å². The number of hydrogen-bond donors (Lipinski definition) is 0. The zero-order chi connectivity index (χ0) is 13.7. The van der Waals surface area contributed by atoms with E-state index < -0.39 is 0 Å². The van der Waals surface area contributed by atoms with Crippen LogP contribution in [0.1, 0.15) is 12.5 Å². The van der Waals surface area contributed by atoms with Gasteiger partial charge >= 0.3 is 0 Å². The largest absolute Gasteiger partial charge is 0.491 e. The summed E-state index contributed by atoms with van der Waals surface area (Å²) in [7, 11) is 0. The second-order valence-electron chi connectivity index (χ2n) is 3.84. The fraction of sp³-hybridized carbons (Fsp3) is 0.133.